The number of hydrogen-bond donors (Lipinski definition) is 2. The Morgan fingerprint density at radius 1 is 0.706 bits per heavy atom. The van der Waals surface area contributed by atoms with Crippen molar-refractivity contribution in [1.29, 1.82) is 0 Å². The van der Waals surface area contributed by atoms with Gasteiger partial charge in [-0.2, -0.15) is 0 Å². The molecule has 2 heteroatoms. The Kier molecular flexibility index (Phi) is 5.66. The Hall–Kier alpha value is -1.96. The summed E-state index contributed by atoms with van der Waals surface area (Å²) in [6, 6.07) is 18.3. The van der Waals surface area contributed by atoms with Gasteiger partial charge in [-0.1, -0.05) is 44.2 Å². The zero-order chi connectivity index (χ0) is 12.5. The normalized spacial score (nSPS) is 8.88. The van der Waals surface area contributed by atoms with Gasteiger partial charge >= 0.3 is 0 Å². The van der Waals surface area contributed by atoms with Crippen LogP contribution in [-0.4, -0.2) is 7.05 Å². The Labute approximate surface area is 104 Å². The maximum absolute atomic E-state index is 3.36. The van der Waals surface area contributed by atoms with Gasteiger partial charge in [-0.25, -0.2) is 0 Å². The molecule has 2 N–H and O–H groups in total. The van der Waals surface area contributed by atoms with Gasteiger partial charge in [-0.05, 0) is 24.3 Å². The summed E-state index contributed by atoms with van der Waals surface area (Å²) in [5.41, 5.74) is 3.28. The third-order valence-corrected chi connectivity index (χ3v) is 2.25. The molecule has 0 heterocycles. The number of hydrogen-bond acceptors (Lipinski definition) is 2. The highest BCUT2D eigenvalue weighted by atomic mass is 14.9. The third kappa shape index (κ3) is 3.83. The lowest BCUT2D eigenvalue weighted by Gasteiger charge is -2.11. The lowest BCUT2D eigenvalue weighted by molar-refractivity contribution is 1.48. The van der Waals surface area contributed by atoms with E-state index in [9.17, 15) is 0 Å². The van der Waals surface area contributed by atoms with Crippen LogP contribution in [-0.2, 0) is 0 Å². The molecule has 0 saturated carbocycles. The molecule has 2 aromatic carbocycles. The van der Waals surface area contributed by atoms with E-state index in [1.54, 1.807) is 0 Å². The van der Waals surface area contributed by atoms with E-state index in [4.69, 9.17) is 0 Å². The van der Waals surface area contributed by atoms with Gasteiger partial charge in [-0.15, -0.1) is 0 Å². The molecule has 0 unspecified atom stereocenters. The Morgan fingerprint density at radius 3 is 1.82 bits per heavy atom. The van der Waals surface area contributed by atoms with Crippen molar-refractivity contribution in [3.05, 3.63) is 54.6 Å². The summed E-state index contributed by atoms with van der Waals surface area (Å²) in [6.07, 6.45) is 0. The molecule has 0 aliphatic heterocycles. The van der Waals surface area contributed by atoms with Crippen molar-refractivity contribution >= 4 is 17.1 Å². The highest BCUT2D eigenvalue weighted by Crippen LogP contribution is 2.24. The van der Waals surface area contributed by atoms with E-state index in [-0.39, 0.29) is 0 Å². The molecular weight excluding hydrogens is 208 g/mol. The molecule has 0 amide bonds. The van der Waals surface area contributed by atoms with Crippen LogP contribution in [0.25, 0.3) is 0 Å². The summed E-state index contributed by atoms with van der Waals surface area (Å²) in [7, 11) is 1.92. The zero-order valence-electron chi connectivity index (χ0n) is 10.7. The second-order valence-electron chi connectivity index (χ2n) is 3.29. The van der Waals surface area contributed by atoms with Crippen molar-refractivity contribution in [2.75, 3.05) is 17.7 Å². The molecule has 0 atom stereocenters. The maximum Gasteiger partial charge on any atom is 0.0619 e. The summed E-state index contributed by atoms with van der Waals surface area (Å²) in [4.78, 5) is 0. The minimum Gasteiger partial charge on any atom is -0.386 e. The van der Waals surface area contributed by atoms with Gasteiger partial charge < -0.3 is 10.6 Å². The maximum atomic E-state index is 3.36. The van der Waals surface area contributed by atoms with Crippen molar-refractivity contribution in [3.8, 4) is 0 Å². The molecule has 0 radical (unpaired) electrons. The predicted molar refractivity (Wildman–Crippen MR) is 77.1 cm³/mol. The fourth-order valence-electron chi connectivity index (χ4n) is 1.49. The van der Waals surface area contributed by atoms with Gasteiger partial charge in [0.15, 0.2) is 0 Å². The van der Waals surface area contributed by atoms with Crippen LogP contribution >= 0.6 is 0 Å². The van der Waals surface area contributed by atoms with E-state index in [1.165, 1.54) is 0 Å². The Balaban J connectivity index is 0.000000686. The van der Waals surface area contributed by atoms with Crippen LogP contribution < -0.4 is 10.6 Å². The fraction of sp³-hybridized carbons (Fsp3) is 0.200. The average molecular weight is 228 g/mol. The van der Waals surface area contributed by atoms with Crippen LogP contribution in [0.5, 0.6) is 0 Å². The zero-order valence-corrected chi connectivity index (χ0v) is 10.7. The minimum absolute atomic E-state index is 1.09. The van der Waals surface area contributed by atoms with Gasteiger partial charge in [0.1, 0.15) is 0 Å². The van der Waals surface area contributed by atoms with Gasteiger partial charge in [0.25, 0.3) is 0 Å². The van der Waals surface area contributed by atoms with Crippen molar-refractivity contribution in [3.63, 3.8) is 0 Å². The number of nitrogens with one attached hydrogen (secondary N) is 2. The van der Waals surface area contributed by atoms with Gasteiger partial charge in [0, 0.05) is 12.7 Å². The smallest absolute Gasteiger partial charge is 0.0619 e. The molecular formula is C15H20N2. The first-order valence-electron chi connectivity index (χ1n) is 5.99. The monoisotopic (exact) mass is 228 g/mol. The summed E-state index contributed by atoms with van der Waals surface area (Å²) in [5, 5.41) is 6.51. The fourth-order valence-corrected chi connectivity index (χ4v) is 1.49. The summed E-state index contributed by atoms with van der Waals surface area (Å²) in [6.45, 7) is 4.00. The second-order valence-corrected chi connectivity index (χ2v) is 3.29. The predicted octanol–water partition coefficient (Wildman–Crippen LogP) is 4.50. The molecule has 90 valence electrons. The van der Waals surface area contributed by atoms with E-state index in [1.807, 2.05) is 69.4 Å². The first-order chi connectivity index (χ1) is 8.40. The summed E-state index contributed by atoms with van der Waals surface area (Å²) >= 11 is 0. The second kappa shape index (κ2) is 7.34. The molecule has 0 aliphatic rings. The van der Waals surface area contributed by atoms with Crippen molar-refractivity contribution in [2.45, 2.75) is 13.8 Å². The molecule has 0 fully saturated rings. The van der Waals surface area contributed by atoms with Crippen LogP contribution in [0, 0.1) is 0 Å². The largest absolute Gasteiger partial charge is 0.386 e. The van der Waals surface area contributed by atoms with Gasteiger partial charge in [0.2, 0.25) is 0 Å². The SMILES string of the molecule is CC.CNc1ccccc1Nc1ccccc1. The number of para-hydroxylation sites is 3. The van der Waals surface area contributed by atoms with Crippen LogP contribution in [0.3, 0.4) is 0 Å². The molecule has 17 heavy (non-hydrogen) atoms. The van der Waals surface area contributed by atoms with E-state index in [0.717, 1.165) is 17.1 Å². The van der Waals surface area contributed by atoms with Crippen molar-refractivity contribution in [2.24, 2.45) is 0 Å². The lowest BCUT2D eigenvalue weighted by atomic mass is 10.2. The quantitative estimate of drug-likeness (QED) is 0.808. The highest BCUT2D eigenvalue weighted by molar-refractivity contribution is 5.73. The first-order valence-corrected chi connectivity index (χ1v) is 5.99. The van der Waals surface area contributed by atoms with Gasteiger partial charge in [-0.3, -0.25) is 0 Å². The Morgan fingerprint density at radius 2 is 1.24 bits per heavy atom. The number of anilines is 3. The Bertz CT molecular complexity index is 424. The van der Waals surface area contributed by atoms with Crippen molar-refractivity contribution < 1.29 is 0 Å². The van der Waals surface area contributed by atoms with Crippen LogP contribution in [0.15, 0.2) is 54.6 Å². The first kappa shape index (κ1) is 13.1. The van der Waals surface area contributed by atoms with E-state index in [2.05, 4.69) is 16.7 Å². The number of rotatable bonds is 3. The third-order valence-electron chi connectivity index (χ3n) is 2.25. The molecule has 2 nitrogen and oxygen atoms in total. The summed E-state index contributed by atoms with van der Waals surface area (Å²) < 4.78 is 0. The van der Waals surface area contributed by atoms with Crippen LogP contribution in [0.4, 0.5) is 17.1 Å². The molecule has 0 aromatic heterocycles. The molecule has 2 aromatic rings. The van der Waals surface area contributed by atoms with Crippen molar-refractivity contribution in [1.82, 2.24) is 0 Å². The molecule has 0 saturated heterocycles. The molecule has 0 bridgehead atoms. The topological polar surface area (TPSA) is 24.1 Å². The van der Waals surface area contributed by atoms with Crippen LogP contribution in [0.1, 0.15) is 13.8 Å². The van der Waals surface area contributed by atoms with E-state index >= 15 is 0 Å². The minimum atomic E-state index is 1.09. The molecule has 2 rings (SSSR count). The molecule has 0 spiro atoms. The van der Waals surface area contributed by atoms with E-state index < -0.39 is 0 Å². The standard InChI is InChI=1S/C13H14N2.C2H6/c1-14-12-9-5-6-10-13(12)15-11-7-3-2-4-8-11;1-2/h2-10,14-15H,1H3;1-2H3. The van der Waals surface area contributed by atoms with Crippen LogP contribution in [0.2, 0.25) is 0 Å². The lowest BCUT2D eigenvalue weighted by Crippen LogP contribution is -1.96. The molecule has 0 aliphatic carbocycles. The highest BCUT2D eigenvalue weighted by Gasteiger charge is 1.98. The summed E-state index contributed by atoms with van der Waals surface area (Å²) in [5.74, 6) is 0. The average Bonchev–Trinajstić information content (AvgIpc) is 2.43. The van der Waals surface area contributed by atoms with E-state index in [0.29, 0.717) is 0 Å². The number of benzene rings is 2. The van der Waals surface area contributed by atoms with Gasteiger partial charge in [0.05, 0.1) is 11.4 Å².